The van der Waals surface area contributed by atoms with E-state index >= 15 is 0 Å². The highest BCUT2D eigenvalue weighted by Crippen LogP contribution is 2.29. The van der Waals surface area contributed by atoms with E-state index in [1.54, 1.807) is 0 Å². The van der Waals surface area contributed by atoms with Gasteiger partial charge in [-0.25, -0.2) is 9.98 Å². The highest BCUT2D eigenvalue weighted by atomic mass is 127. The lowest BCUT2D eigenvalue weighted by Crippen LogP contribution is -2.45. The highest BCUT2D eigenvalue weighted by Gasteiger charge is 2.17. The first-order valence-corrected chi connectivity index (χ1v) is 10.4. The number of likely N-dealkylation sites (N-methyl/N-ethyl adjacent to an activating group) is 1. The average molecular weight is 540 g/mol. The summed E-state index contributed by atoms with van der Waals surface area (Å²) in [7, 11) is 2.14. The number of benzene rings is 1. The van der Waals surface area contributed by atoms with E-state index < -0.39 is 0 Å². The second kappa shape index (κ2) is 12.6. The first kappa shape index (κ1) is 25.0. The molecule has 0 aliphatic carbocycles. The predicted octanol–water partition coefficient (Wildman–Crippen LogP) is 3.18. The summed E-state index contributed by atoms with van der Waals surface area (Å²) < 4.78 is 11.3. The quantitative estimate of drug-likeness (QED) is 0.302. The van der Waals surface area contributed by atoms with Crippen molar-refractivity contribution in [2.24, 2.45) is 10.7 Å². The molecule has 1 aromatic carbocycles. The zero-order chi connectivity index (χ0) is 21.3. The summed E-state index contributed by atoms with van der Waals surface area (Å²) >= 11 is 0. The normalized spacial score (nSPS) is 14.7. The van der Waals surface area contributed by atoms with Gasteiger partial charge >= 0.3 is 0 Å². The zero-order valence-corrected chi connectivity index (χ0v) is 20.8. The molecule has 0 unspecified atom stereocenters. The lowest BCUT2D eigenvalue weighted by Gasteiger charge is -2.34. The maximum absolute atomic E-state index is 6.19. The summed E-state index contributed by atoms with van der Waals surface area (Å²) in [5.41, 5.74) is 7.98. The number of nitrogens with one attached hydrogen (secondary N) is 1. The summed E-state index contributed by atoms with van der Waals surface area (Å²) in [6.45, 7) is 9.46. The predicted molar refractivity (Wildman–Crippen MR) is 137 cm³/mol. The number of nitrogens with two attached hydrogens (primary N) is 1. The lowest BCUT2D eigenvalue weighted by molar-refractivity contribution is 0.312. The van der Waals surface area contributed by atoms with Crippen molar-refractivity contribution in [1.29, 1.82) is 0 Å². The van der Waals surface area contributed by atoms with Crippen molar-refractivity contribution in [2.45, 2.75) is 20.4 Å². The smallest absolute Gasteiger partial charge is 0.193 e. The van der Waals surface area contributed by atoms with Crippen molar-refractivity contribution in [3.8, 4) is 11.5 Å². The van der Waals surface area contributed by atoms with E-state index in [1.165, 1.54) is 0 Å². The molecule has 9 heteroatoms. The second-order valence-corrected chi connectivity index (χ2v) is 7.13. The Morgan fingerprint density at radius 1 is 1.13 bits per heavy atom. The van der Waals surface area contributed by atoms with E-state index in [1.807, 2.05) is 44.3 Å². The third-order valence-electron chi connectivity index (χ3n) is 4.91. The summed E-state index contributed by atoms with van der Waals surface area (Å²) in [4.78, 5) is 13.8. The lowest BCUT2D eigenvalue weighted by atomic mass is 10.2. The fourth-order valence-electron chi connectivity index (χ4n) is 3.35. The van der Waals surface area contributed by atoms with Gasteiger partial charge in [-0.1, -0.05) is 6.07 Å². The van der Waals surface area contributed by atoms with Crippen molar-refractivity contribution in [3.05, 3.63) is 42.1 Å². The van der Waals surface area contributed by atoms with E-state index in [0.717, 1.165) is 49.0 Å². The monoisotopic (exact) mass is 540 g/mol. The van der Waals surface area contributed by atoms with E-state index in [4.69, 9.17) is 15.2 Å². The average Bonchev–Trinajstić information content (AvgIpc) is 2.75. The molecule has 31 heavy (non-hydrogen) atoms. The Hall–Kier alpha value is -2.27. The Morgan fingerprint density at radius 2 is 1.87 bits per heavy atom. The Morgan fingerprint density at radius 3 is 2.58 bits per heavy atom. The molecule has 8 nitrogen and oxygen atoms in total. The van der Waals surface area contributed by atoms with Crippen molar-refractivity contribution >= 4 is 41.4 Å². The van der Waals surface area contributed by atoms with Gasteiger partial charge in [-0.2, -0.15) is 0 Å². The van der Waals surface area contributed by atoms with Gasteiger partial charge in [0.2, 0.25) is 0 Å². The van der Waals surface area contributed by atoms with Crippen LogP contribution in [-0.4, -0.2) is 62.3 Å². The summed E-state index contributed by atoms with van der Waals surface area (Å²) in [6.07, 6.45) is 1.83. The molecule has 0 saturated carbocycles. The molecule has 2 aromatic rings. The molecule has 0 amide bonds. The Kier molecular flexibility index (Phi) is 10.1. The molecule has 0 spiro atoms. The number of halogens is 1. The molecule has 2 heterocycles. The molecule has 1 fully saturated rings. The Bertz CT molecular complexity index is 856. The number of aliphatic imine (C=N–C) groups is 1. The molecule has 170 valence electrons. The second-order valence-electron chi connectivity index (χ2n) is 7.13. The number of guanidine groups is 1. The fourth-order valence-corrected chi connectivity index (χ4v) is 3.35. The van der Waals surface area contributed by atoms with Crippen molar-refractivity contribution in [2.75, 3.05) is 56.7 Å². The highest BCUT2D eigenvalue weighted by molar-refractivity contribution is 14.0. The van der Waals surface area contributed by atoms with Crippen LogP contribution in [0.3, 0.4) is 0 Å². The molecule has 0 radical (unpaired) electrons. The van der Waals surface area contributed by atoms with Gasteiger partial charge in [-0.05, 0) is 39.1 Å². The van der Waals surface area contributed by atoms with Crippen LogP contribution in [0, 0.1) is 0 Å². The molecular weight excluding hydrogens is 507 g/mol. The molecule has 1 aliphatic heterocycles. The van der Waals surface area contributed by atoms with Crippen molar-refractivity contribution in [3.63, 3.8) is 0 Å². The molecule has 1 aliphatic rings. The summed E-state index contributed by atoms with van der Waals surface area (Å²) in [6, 6.07) is 9.61. The number of aromatic nitrogens is 1. The van der Waals surface area contributed by atoms with Gasteiger partial charge in [0.25, 0.3) is 0 Å². The van der Waals surface area contributed by atoms with Crippen LogP contribution >= 0.6 is 24.0 Å². The fraction of sp³-hybridized carbons (Fsp3) is 0.455. The number of ether oxygens (including phenoxy) is 2. The van der Waals surface area contributed by atoms with Crippen LogP contribution in [0.25, 0.3) is 0 Å². The van der Waals surface area contributed by atoms with Crippen LogP contribution in [-0.2, 0) is 6.54 Å². The van der Waals surface area contributed by atoms with E-state index in [9.17, 15) is 0 Å². The number of anilines is 2. The molecular formula is C22H33IN6O2. The number of pyridine rings is 1. The molecule has 1 saturated heterocycles. The summed E-state index contributed by atoms with van der Waals surface area (Å²) in [5.74, 6) is 2.76. The van der Waals surface area contributed by atoms with Crippen LogP contribution in [0.5, 0.6) is 11.5 Å². The zero-order valence-electron chi connectivity index (χ0n) is 18.5. The minimum Gasteiger partial charge on any atom is -0.494 e. The van der Waals surface area contributed by atoms with E-state index in [2.05, 4.69) is 38.2 Å². The molecule has 3 N–H and O–H groups in total. The largest absolute Gasteiger partial charge is 0.494 e. The topological polar surface area (TPSA) is 88.2 Å². The molecule has 1 aromatic heterocycles. The van der Waals surface area contributed by atoms with Gasteiger partial charge in [0.1, 0.15) is 17.3 Å². The van der Waals surface area contributed by atoms with Crippen molar-refractivity contribution in [1.82, 2.24) is 9.88 Å². The van der Waals surface area contributed by atoms with Gasteiger partial charge < -0.3 is 30.3 Å². The van der Waals surface area contributed by atoms with Crippen LogP contribution < -0.4 is 25.4 Å². The first-order valence-electron chi connectivity index (χ1n) is 10.4. The number of piperazine rings is 1. The van der Waals surface area contributed by atoms with Crippen LogP contribution in [0.2, 0.25) is 0 Å². The molecule has 3 rings (SSSR count). The van der Waals surface area contributed by atoms with Crippen LogP contribution in [0.1, 0.15) is 19.4 Å². The van der Waals surface area contributed by atoms with Crippen LogP contribution in [0.15, 0.2) is 41.5 Å². The molecule has 0 atom stereocenters. The van der Waals surface area contributed by atoms with E-state index in [-0.39, 0.29) is 24.0 Å². The van der Waals surface area contributed by atoms with Gasteiger partial charge in [0.15, 0.2) is 5.96 Å². The SMILES string of the molecule is CCOc1ccc(OCC)c(NC(N)=NCc2cccnc2N2CCN(C)CC2)c1.I. The number of hydrogen-bond donors (Lipinski definition) is 2. The number of nitrogens with zero attached hydrogens (tertiary/aromatic N) is 4. The third kappa shape index (κ3) is 7.13. The minimum atomic E-state index is 0. The maximum atomic E-state index is 6.19. The maximum Gasteiger partial charge on any atom is 0.193 e. The number of rotatable bonds is 8. The van der Waals surface area contributed by atoms with Gasteiger partial charge in [0.05, 0.1) is 25.4 Å². The van der Waals surface area contributed by atoms with Crippen molar-refractivity contribution < 1.29 is 9.47 Å². The van der Waals surface area contributed by atoms with Gasteiger partial charge in [-0.15, -0.1) is 24.0 Å². The summed E-state index contributed by atoms with van der Waals surface area (Å²) in [5, 5.41) is 3.15. The Labute approximate surface area is 201 Å². The Balaban J connectivity index is 0.00000341. The van der Waals surface area contributed by atoms with Gasteiger partial charge in [0, 0.05) is 44.0 Å². The number of hydrogen-bond acceptors (Lipinski definition) is 6. The third-order valence-corrected chi connectivity index (χ3v) is 4.91. The van der Waals surface area contributed by atoms with Crippen LogP contribution in [0.4, 0.5) is 11.5 Å². The minimum absolute atomic E-state index is 0. The first-order chi connectivity index (χ1) is 14.6. The van der Waals surface area contributed by atoms with Gasteiger partial charge in [-0.3, -0.25) is 0 Å². The van der Waals surface area contributed by atoms with E-state index in [0.29, 0.717) is 31.5 Å². The standard InChI is InChI=1S/C22H32N6O2.HI/c1-4-29-18-8-9-20(30-5-2)19(15-18)26-22(23)25-16-17-7-6-10-24-21(17)28-13-11-27(3)12-14-28;/h6-10,15H,4-5,11-14,16H2,1-3H3,(H3,23,25,26);1H. The molecule has 0 bridgehead atoms.